The summed E-state index contributed by atoms with van der Waals surface area (Å²) in [6, 6.07) is 9.48. The van der Waals surface area contributed by atoms with Crippen LogP contribution in [0, 0.1) is 20.8 Å². The Labute approximate surface area is 171 Å². The number of amides is 3. The summed E-state index contributed by atoms with van der Waals surface area (Å²) in [6.45, 7) is 5.43. The van der Waals surface area contributed by atoms with Crippen molar-refractivity contribution in [2.24, 2.45) is 5.73 Å². The maximum absolute atomic E-state index is 13.1. The first-order chi connectivity index (χ1) is 14.3. The molecular formula is C21H19N5O4. The number of aryl methyl sites for hydroxylation is 3. The third-order valence-corrected chi connectivity index (χ3v) is 4.59. The summed E-state index contributed by atoms with van der Waals surface area (Å²) in [7, 11) is 0. The highest BCUT2D eigenvalue weighted by atomic mass is 16.5. The average Bonchev–Trinajstić information content (AvgIpc) is 3.23. The number of primary amides is 1. The van der Waals surface area contributed by atoms with Gasteiger partial charge in [-0.1, -0.05) is 5.16 Å². The van der Waals surface area contributed by atoms with Crippen molar-refractivity contribution < 1.29 is 18.5 Å². The van der Waals surface area contributed by atoms with Crippen LogP contribution in [0.5, 0.6) is 0 Å². The molecule has 152 valence electrons. The van der Waals surface area contributed by atoms with Crippen LogP contribution in [-0.4, -0.2) is 22.1 Å². The Morgan fingerprint density at radius 2 is 1.67 bits per heavy atom. The van der Waals surface area contributed by atoms with Gasteiger partial charge < -0.3 is 25.3 Å². The molecule has 3 heterocycles. The Morgan fingerprint density at radius 3 is 2.27 bits per heavy atom. The molecule has 0 saturated carbocycles. The van der Waals surface area contributed by atoms with Crippen LogP contribution in [0.2, 0.25) is 0 Å². The van der Waals surface area contributed by atoms with Crippen molar-refractivity contribution in [2.45, 2.75) is 20.8 Å². The van der Waals surface area contributed by atoms with Crippen molar-refractivity contribution in [1.29, 1.82) is 0 Å². The Balaban J connectivity index is 1.71. The molecule has 0 spiro atoms. The van der Waals surface area contributed by atoms with Crippen LogP contribution in [0.15, 0.2) is 45.3 Å². The minimum atomic E-state index is -0.661. The number of nitrogens with one attached hydrogen (secondary N) is 2. The molecule has 1 aromatic carbocycles. The van der Waals surface area contributed by atoms with E-state index >= 15 is 0 Å². The van der Waals surface area contributed by atoms with Crippen molar-refractivity contribution in [1.82, 2.24) is 10.1 Å². The van der Waals surface area contributed by atoms with Crippen molar-refractivity contribution in [3.8, 4) is 11.3 Å². The number of anilines is 2. The molecular weight excluding hydrogens is 386 g/mol. The highest BCUT2D eigenvalue weighted by molar-refractivity contribution is 6.13. The van der Waals surface area contributed by atoms with Gasteiger partial charge in [-0.25, -0.2) is 9.78 Å². The molecule has 30 heavy (non-hydrogen) atoms. The predicted molar refractivity (Wildman–Crippen MR) is 111 cm³/mol. The van der Waals surface area contributed by atoms with E-state index < -0.39 is 6.03 Å². The highest BCUT2D eigenvalue weighted by Gasteiger charge is 2.21. The molecule has 3 aromatic heterocycles. The lowest BCUT2D eigenvalue weighted by Crippen LogP contribution is -2.19. The number of carbonyl (C=O) groups is 2. The second-order valence-corrected chi connectivity index (χ2v) is 6.85. The van der Waals surface area contributed by atoms with Crippen molar-refractivity contribution in [2.75, 3.05) is 10.6 Å². The standard InChI is InChI=1S/C21H19N5O4/c1-10-8-15(12(3)29-10)17-9-16(18-11(2)26-30-20(18)25-17)19(27)23-13-4-6-14(7-5-13)24-21(22)28/h4-9H,1-3H3,(H,23,27)(H3,22,24,28). The number of nitrogens with two attached hydrogens (primary N) is 1. The molecule has 0 aliphatic heterocycles. The number of furan rings is 1. The van der Waals surface area contributed by atoms with E-state index in [0.29, 0.717) is 39.5 Å². The summed E-state index contributed by atoms with van der Waals surface area (Å²) >= 11 is 0. The van der Waals surface area contributed by atoms with Gasteiger partial charge in [0, 0.05) is 16.9 Å². The molecule has 9 nitrogen and oxygen atoms in total. The van der Waals surface area contributed by atoms with Gasteiger partial charge in [-0.15, -0.1) is 0 Å². The monoisotopic (exact) mass is 405 g/mol. The summed E-state index contributed by atoms with van der Waals surface area (Å²) in [4.78, 5) is 28.5. The number of rotatable bonds is 4. The van der Waals surface area contributed by atoms with Gasteiger partial charge in [0.05, 0.1) is 22.3 Å². The third-order valence-electron chi connectivity index (χ3n) is 4.59. The molecule has 4 N–H and O–H groups in total. The van der Waals surface area contributed by atoms with Gasteiger partial charge >= 0.3 is 6.03 Å². The second kappa shape index (κ2) is 7.36. The number of aromatic nitrogens is 2. The molecule has 0 saturated heterocycles. The van der Waals surface area contributed by atoms with Gasteiger partial charge in [0.25, 0.3) is 11.6 Å². The van der Waals surface area contributed by atoms with E-state index in [1.165, 1.54) is 0 Å². The van der Waals surface area contributed by atoms with E-state index in [2.05, 4.69) is 20.8 Å². The molecule has 4 rings (SSSR count). The summed E-state index contributed by atoms with van der Waals surface area (Å²) < 4.78 is 10.9. The first kappa shape index (κ1) is 19.2. The summed E-state index contributed by atoms with van der Waals surface area (Å²) in [5, 5.41) is 9.81. The van der Waals surface area contributed by atoms with Gasteiger partial charge in [-0.05, 0) is 57.2 Å². The van der Waals surface area contributed by atoms with E-state index in [4.69, 9.17) is 14.7 Å². The Morgan fingerprint density at radius 1 is 1.00 bits per heavy atom. The lowest BCUT2D eigenvalue weighted by atomic mass is 10.1. The van der Waals surface area contributed by atoms with Crippen LogP contribution in [0.1, 0.15) is 27.6 Å². The van der Waals surface area contributed by atoms with Crippen LogP contribution in [0.4, 0.5) is 16.2 Å². The number of nitrogens with zero attached hydrogens (tertiary/aromatic N) is 2. The molecule has 9 heteroatoms. The van der Waals surface area contributed by atoms with Crippen LogP contribution < -0.4 is 16.4 Å². The lowest BCUT2D eigenvalue weighted by Gasteiger charge is -2.09. The quantitative estimate of drug-likeness (QED) is 0.466. The molecule has 0 unspecified atom stereocenters. The Bertz CT molecular complexity index is 1270. The van der Waals surface area contributed by atoms with Crippen LogP contribution in [0.25, 0.3) is 22.4 Å². The summed E-state index contributed by atoms with van der Waals surface area (Å²) in [5.41, 5.74) is 8.72. The van der Waals surface area contributed by atoms with Crippen molar-refractivity contribution in [3.63, 3.8) is 0 Å². The first-order valence-electron chi connectivity index (χ1n) is 9.14. The molecule has 0 bridgehead atoms. The fourth-order valence-corrected chi connectivity index (χ4v) is 3.27. The van der Waals surface area contributed by atoms with E-state index in [-0.39, 0.29) is 11.6 Å². The van der Waals surface area contributed by atoms with E-state index in [9.17, 15) is 9.59 Å². The fourth-order valence-electron chi connectivity index (χ4n) is 3.27. The zero-order valence-corrected chi connectivity index (χ0v) is 16.6. The van der Waals surface area contributed by atoms with Crippen LogP contribution >= 0.6 is 0 Å². The van der Waals surface area contributed by atoms with Crippen LogP contribution in [-0.2, 0) is 0 Å². The topological polar surface area (TPSA) is 136 Å². The minimum absolute atomic E-state index is 0.273. The average molecular weight is 405 g/mol. The molecule has 3 amide bonds. The van der Waals surface area contributed by atoms with Gasteiger partial charge in [0.15, 0.2) is 0 Å². The number of benzene rings is 1. The Hall–Kier alpha value is -4.14. The largest absolute Gasteiger partial charge is 0.466 e. The van der Waals surface area contributed by atoms with Gasteiger partial charge in [-0.3, -0.25) is 4.79 Å². The van der Waals surface area contributed by atoms with E-state index in [1.807, 2.05) is 19.9 Å². The second-order valence-electron chi connectivity index (χ2n) is 6.85. The zero-order valence-electron chi connectivity index (χ0n) is 16.6. The predicted octanol–water partition coefficient (Wildman–Crippen LogP) is 4.15. The number of carbonyl (C=O) groups excluding carboxylic acids is 2. The highest BCUT2D eigenvalue weighted by Crippen LogP contribution is 2.31. The maximum Gasteiger partial charge on any atom is 0.316 e. The molecule has 0 aliphatic carbocycles. The molecule has 0 fully saturated rings. The number of urea groups is 1. The van der Waals surface area contributed by atoms with Gasteiger partial charge in [-0.2, -0.15) is 0 Å². The van der Waals surface area contributed by atoms with Gasteiger partial charge in [0.1, 0.15) is 11.5 Å². The summed E-state index contributed by atoms with van der Waals surface area (Å²) in [6.07, 6.45) is 0. The fraction of sp³-hybridized carbons (Fsp3) is 0.143. The smallest absolute Gasteiger partial charge is 0.316 e. The first-order valence-corrected chi connectivity index (χ1v) is 9.14. The van der Waals surface area contributed by atoms with E-state index in [1.54, 1.807) is 37.3 Å². The molecule has 0 atom stereocenters. The maximum atomic E-state index is 13.1. The molecule has 0 aliphatic rings. The molecule has 0 radical (unpaired) electrons. The molecule has 4 aromatic rings. The third kappa shape index (κ3) is 3.60. The number of fused-ring (bicyclic) bond motifs is 1. The van der Waals surface area contributed by atoms with Gasteiger partial charge in [0.2, 0.25) is 0 Å². The lowest BCUT2D eigenvalue weighted by molar-refractivity contribution is 0.102. The number of hydrogen-bond acceptors (Lipinski definition) is 6. The SMILES string of the molecule is Cc1cc(-c2cc(C(=O)Nc3ccc(NC(N)=O)cc3)c3c(C)noc3n2)c(C)o1. The van der Waals surface area contributed by atoms with E-state index in [0.717, 1.165) is 11.3 Å². The van der Waals surface area contributed by atoms with Crippen molar-refractivity contribution >= 4 is 34.4 Å². The van der Waals surface area contributed by atoms with Crippen LogP contribution in [0.3, 0.4) is 0 Å². The summed E-state index contributed by atoms with van der Waals surface area (Å²) in [5.74, 6) is 1.09. The van der Waals surface area contributed by atoms with Crippen molar-refractivity contribution in [3.05, 3.63) is 59.2 Å². The number of hydrogen-bond donors (Lipinski definition) is 3. The minimum Gasteiger partial charge on any atom is -0.466 e. The number of pyridine rings is 1. The zero-order chi connectivity index (χ0) is 21.4. The normalized spacial score (nSPS) is 10.9. The Kier molecular flexibility index (Phi) is 4.71.